The number of anilines is 1. The maximum absolute atomic E-state index is 13.1. The smallest absolute Gasteiger partial charge is 0.368 e. The topological polar surface area (TPSA) is 81.2 Å². The second-order valence-corrected chi connectivity index (χ2v) is 4.60. The third kappa shape index (κ3) is 2.91. The van der Waals surface area contributed by atoms with Crippen LogP contribution in [0.15, 0.2) is 23.4 Å². The zero-order chi connectivity index (χ0) is 15.8. The Balaban J connectivity index is 2.90. The molecule has 1 aromatic carbocycles. The van der Waals surface area contributed by atoms with Crippen LogP contribution in [0.5, 0.6) is 0 Å². The van der Waals surface area contributed by atoms with Gasteiger partial charge in [-0.3, -0.25) is 0 Å². The van der Waals surface area contributed by atoms with Crippen molar-refractivity contribution in [3.63, 3.8) is 0 Å². The summed E-state index contributed by atoms with van der Waals surface area (Å²) < 4.78 is 39.3. The van der Waals surface area contributed by atoms with Crippen LogP contribution in [-0.2, 0) is 6.18 Å². The molecule has 0 aliphatic rings. The third-order valence-corrected chi connectivity index (χ3v) is 3.30. The molecular formula is C11H5Cl2F3N4O. The first kappa shape index (κ1) is 15.5. The van der Waals surface area contributed by atoms with Crippen molar-refractivity contribution in [3.05, 3.63) is 38.8 Å². The minimum atomic E-state index is -4.88. The van der Waals surface area contributed by atoms with Crippen LogP contribution in [0.2, 0.25) is 10.0 Å². The number of aromatic nitrogens is 2. The quantitative estimate of drug-likeness (QED) is 0.821. The fourth-order valence-corrected chi connectivity index (χ4v) is 2.08. The van der Waals surface area contributed by atoms with Gasteiger partial charge < -0.3 is 5.73 Å². The van der Waals surface area contributed by atoms with E-state index in [9.17, 15) is 18.1 Å². The Hall–Kier alpha value is -1.93. The molecule has 2 rings (SSSR count). The Morgan fingerprint density at radius 2 is 1.86 bits per heavy atom. The minimum absolute atomic E-state index is 0.0102. The van der Waals surface area contributed by atoms with Crippen LogP contribution in [0.4, 0.5) is 24.9 Å². The Kier molecular flexibility index (Phi) is 4.02. The Morgan fingerprint density at radius 1 is 1.19 bits per heavy atom. The lowest BCUT2D eigenvalue weighted by atomic mass is 10.0. The summed E-state index contributed by atoms with van der Waals surface area (Å²) >= 11 is 11.7. The number of alkyl halides is 3. The van der Waals surface area contributed by atoms with Crippen molar-refractivity contribution < 1.29 is 13.2 Å². The van der Waals surface area contributed by atoms with Gasteiger partial charge in [0.1, 0.15) is 0 Å². The molecule has 1 heterocycles. The molecule has 0 fully saturated rings. The van der Waals surface area contributed by atoms with Crippen LogP contribution in [0.1, 0.15) is 5.69 Å². The number of hydrogen-bond acceptors (Lipinski definition) is 5. The summed E-state index contributed by atoms with van der Waals surface area (Å²) in [6, 6.07) is 3.99. The van der Waals surface area contributed by atoms with Gasteiger partial charge in [0.2, 0.25) is 11.8 Å². The molecule has 0 aliphatic carbocycles. The Labute approximate surface area is 125 Å². The van der Waals surface area contributed by atoms with E-state index in [1.54, 1.807) is 0 Å². The van der Waals surface area contributed by atoms with E-state index in [1.807, 2.05) is 0 Å². The maximum Gasteiger partial charge on any atom is 0.434 e. The highest BCUT2D eigenvalue weighted by molar-refractivity contribution is 6.43. The van der Waals surface area contributed by atoms with E-state index < -0.39 is 29.2 Å². The first-order valence-corrected chi connectivity index (χ1v) is 6.03. The van der Waals surface area contributed by atoms with Crippen molar-refractivity contribution in [3.8, 4) is 11.1 Å². The van der Waals surface area contributed by atoms with Gasteiger partial charge in [0.25, 0.3) is 0 Å². The maximum atomic E-state index is 13.1. The SMILES string of the molecule is Nc1nc(N=O)c(-c2cccc(Cl)c2Cl)c(C(F)(F)F)n1. The number of hydrogen-bond donors (Lipinski definition) is 1. The summed E-state index contributed by atoms with van der Waals surface area (Å²) in [5, 5.41) is 2.30. The van der Waals surface area contributed by atoms with Crippen molar-refractivity contribution >= 4 is 35.0 Å². The van der Waals surface area contributed by atoms with E-state index in [-0.39, 0.29) is 15.6 Å². The number of nitrogens with two attached hydrogens (primary N) is 1. The summed E-state index contributed by atoms with van der Waals surface area (Å²) in [6.45, 7) is 0. The molecule has 0 aliphatic heterocycles. The van der Waals surface area contributed by atoms with E-state index in [1.165, 1.54) is 18.2 Å². The lowest BCUT2D eigenvalue weighted by Gasteiger charge is -2.14. The van der Waals surface area contributed by atoms with Crippen LogP contribution in [0, 0.1) is 4.91 Å². The summed E-state index contributed by atoms with van der Waals surface area (Å²) in [5.41, 5.74) is 2.93. The molecule has 0 radical (unpaired) electrons. The highest BCUT2D eigenvalue weighted by Crippen LogP contribution is 2.44. The Bertz CT molecular complexity index is 721. The molecule has 0 saturated carbocycles. The normalized spacial score (nSPS) is 11.5. The second-order valence-electron chi connectivity index (χ2n) is 3.82. The first-order valence-electron chi connectivity index (χ1n) is 5.28. The van der Waals surface area contributed by atoms with Gasteiger partial charge in [-0.2, -0.15) is 18.2 Å². The average Bonchev–Trinajstić information content (AvgIpc) is 2.40. The number of nitrogens with zero attached hydrogens (tertiary/aromatic N) is 3. The Morgan fingerprint density at radius 3 is 2.43 bits per heavy atom. The van der Waals surface area contributed by atoms with Gasteiger partial charge in [0.05, 0.1) is 15.6 Å². The molecule has 0 spiro atoms. The molecule has 0 amide bonds. The summed E-state index contributed by atoms with van der Waals surface area (Å²) in [7, 11) is 0. The molecule has 1 aromatic heterocycles. The van der Waals surface area contributed by atoms with Crippen LogP contribution in [0.25, 0.3) is 11.1 Å². The predicted molar refractivity (Wildman–Crippen MR) is 72.4 cm³/mol. The van der Waals surface area contributed by atoms with E-state index in [0.29, 0.717) is 0 Å². The molecule has 0 saturated heterocycles. The lowest BCUT2D eigenvalue weighted by molar-refractivity contribution is -0.140. The van der Waals surface area contributed by atoms with Crippen LogP contribution in [-0.4, -0.2) is 9.97 Å². The summed E-state index contributed by atoms with van der Waals surface area (Å²) in [4.78, 5) is 17.3. The van der Waals surface area contributed by atoms with Gasteiger partial charge in [0.15, 0.2) is 5.69 Å². The zero-order valence-corrected chi connectivity index (χ0v) is 11.5. The standard InChI is InChI=1S/C11H5Cl2F3N4O/c12-5-3-1-2-4(7(5)13)6-8(11(14,15)16)18-10(17)19-9(6)20-21/h1-3H,(H2,17,18,19). The molecule has 21 heavy (non-hydrogen) atoms. The fourth-order valence-electron chi connectivity index (χ4n) is 1.68. The van der Waals surface area contributed by atoms with Crippen LogP contribution in [0.3, 0.4) is 0 Å². The molecular weight excluding hydrogens is 332 g/mol. The number of rotatable bonds is 2. The summed E-state index contributed by atoms with van der Waals surface area (Å²) in [5.74, 6) is -1.49. The van der Waals surface area contributed by atoms with Crippen molar-refractivity contribution in [1.29, 1.82) is 0 Å². The highest BCUT2D eigenvalue weighted by atomic mass is 35.5. The monoisotopic (exact) mass is 336 g/mol. The highest BCUT2D eigenvalue weighted by Gasteiger charge is 2.39. The molecule has 10 heteroatoms. The van der Waals surface area contributed by atoms with Crippen molar-refractivity contribution in [2.45, 2.75) is 6.18 Å². The second kappa shape index (κ2) is 5.45. The average molecular weight is 337 g/mol. The fraction of sp³-hybridized carbons (Fsp3) is 0.0909. The van der Waals surface area contributed by atoms with Crippen molar-refractivity contribution in [1.82, 2.24) is 9.97 Å². The summed E-state index contributed by atoms with van der Waals surface area (Å²) in [6.07, 6.45) is -4.88. The van der Waals surface area contributed by atoms with Gasteiger partial charge in [-0.25, -0.2) is 4.98 Å². The van der Waals surface area contributed by atoms with Crippen molar-refractivity contribution in [2.24, 2.45) is 5.18 Å². The third-order valence-electron chi connectivity index (χ3n) is 2.48. The predicted octanol–water partition coefficient (Wildman–Crippen LogP) is 4.45. The van der Waals surface area contributed by atoms with Gasteiger partial charge in [-0.05, 0) is 11.2 Å². The molecule has 110 valence electrons. The number of halogens is 5. The largest absolute Gasteiger partial charge is 0.434 e. The number of nitroso groups, excluding NO2 is 1. The first-order chi connectivity index (χ1) is 9.75. The van der Waals surface area contributed by atoms with Gasteiger partial charge in [0, 0.05) is 5.56 Å². The molecule has 0 unspecified atom stereocenters. The number of benzene rings is 1. The molecule has 2 N–H and O–H groups in total. The van der Waals surface area contributed by atoms with E-state index in [2.05, 4.69) is 15.1 Å². The molecule has 0 bridgehead atoms. The number of nitrogen functional groups attached to an aromatic ring is 1. The molecule has 5 nitrogen and oxygen atoms in total. The van der Waals surface area contributed by atoms with E-state index in [4.69, 9.17) is 28.9 Å². The van der Waals surface area contributed by atoms with Crippen LogP contribution >= 0.6 is 23.2 Å². The molecule has 0 atom stereocenters. The van der Waals surface area contributed by atoms with E-state index in [0.717, 1.165) is 0 Å². The van der Waals surface area contributed by atoms with Gasteiger partial charge in [-0.15, -0.1) is 4.91 Å². The van der Waals surface area contributed by atoms with Gasteiger partial charge in [-0.1, -0.05) is 35.3 Å². The molecule has 2 aromatic rings. The van der Waals surface area contributed by atoms with Crippen LogP contribution < -0.4 is 5.73 Å². The lowest BCUT2D eigenvalue weighted by Crippen LogP contribution is -2.13. The zero-order valence-electron chi connectivity index (χ0n) is 9.95. The minimum Gasteiger partial charge on any atom is -0.368 e. The van der Waals surface area contributed by atoms with E-state index >= 15 is 0 Å². The van der Waals surface area contributed by atoms with Gasteiger partial charge >= 0.3 is 6.18 Å². The van der Waals surface area contributed by atoms with Crippen molar-refractivity contribution in [2.75, 3.05) is 5.73 Å².